The lowest BCUT2D eigenvalue weighted by Gasteiger charge is -2.30. The van der Waals surface area contributed by atoms with Gasteiger partial charge >= 0.3 is 0 Å². The fraction of sp³-hybridized carbons (Fsp3) is 0.553. The largest absolute Gasteiger partial charge is 0.374 e. The molecule has 3 amide bonds. The van der Waals surface area contributed by atoms with E-state index in [0.29, 0.717) is 19.3 Å². The highest BCUT2D eigenvalue weighted by molar-refractivity contribution is 7.91. The number of nitrogens with zero attached hydrogens (tertiary/aromatic N) is 4. The lowest BCUT2D eigenvalue weighted by Crippen LogP contribution is -2.58. The van der Waals surface area contributed by atoms with Crippen molar-refractivity contribution in [3.63, 3.8) is 0 Å². The molecule has 13 nitrogen and oxygen atoms in total. The number of para-hydroxylation sites is 1. The molecule has 0 unspecified atom stereocenters. The third kappa shape index (κ3) is 7.19. The molecular weight excluding hydrogens is 683 g/mol. The molecule has 52 heavy (non-hydrogen) atoms. The molecule has 2 aliphatic carbocycles. The van der Waals surface area contributed by atoms with E-state index in [1.54, 1.807) is 24.2 Å². The number of carbonyl (C=O) groups is 3. The summed E-state index contributed by atoms with van der Waals surface area (Å²) in [6.45, 7) is 6.08. The van der Waals surface area contributed by atoms with Crippen LogP contribution in [0.2, 0.25) is 0 Å². The number of rotatable bonds is 9. The topological polar surface area (TPSA) is 165 Å². The van der Waals surface area contributed by atoms with E-state index in [4.69, 9.17) is 9.72 Å². The minimum absolute atomic E-state index is 0.0961. The zero-order chi connectivity index (χ0) is 36.7. The van der Waals surface area contributed by atoms with Crippen molar-refractivity contribution in [3.05, 3.63) is 66.8 Å². The Labute approximate surface area is 305 Å². The van der Waals surface area contributed by atoms with Gasteiger partial charge in [-0.25, -0.2) is 13.4 Å². The number of aromatic nitrogens is 3. The molecule has 2 aromatic heterocycles. The summed E-state index contributed by atoms with van der Waals surface area (Å²) in [4.78, 5) is 53.4. The summed E-state index contributed by atoms with van der Waals surface area (Å²) < 4.78 is 36.1. The molecule has 1 saturated heterocycles. The highest BCUT2D eigenvalue weighted by Gasteiger charge is 2.63. The summed E-state index contributed by atoms with van der Waals surface area (Å²) >= 11 is 0. The third-order valence-electron chi connectivity index (χ3n) is 11.1. The maximum Gasteiger partial charge on any atom is 0.259 e. The lowest BCUT2D eigenvalue weighted by molar-refractivity contribution is -0.140. The van der Waals surface area contributed by atoms with Crippen LogP contribution in [-0.4, -0.2) is 80.6 Å². The van der Waals surface area contributed by atoms with E-state index in [1.165, 1.54) is 0 Å². The number of nitrogens with one attached hydrogen (secondary N) is 3. The number of pyridine rings is 1. The summed E-state index contributed by atoms with van der Waals surface area (Å²) in [7, 11) is -3.93. The van der Waals surface area contributed by atoms with Crippen LogP contribution in [0.4, 0.5) is 5.69 Å². The van der Waals surface area contributed by atoms with Gasteiger partial charge in [-0.05, 0) is 77.5 Å². The number of anilines is 1. The standard InChI is InChI=1S/C38H49N7O6S/c1-25(2)45-32-22-39-19-16-29(32)41-33(45)24-51-28-20-31-34(46)42-38(36(48)43-52(49,50)37(3)17-18-37)21-26(38)12-8-5-4-6-11-15-30(35(47)44(31)23-28)40-27-13-9-7-10-14-27/h7-10,12-14,16,19,22,25-26,28,30-31,40H,4-6,11,15,17-18,20-21,23-24H2,1-3H3,(H,42,46)(H,43,48)/b12-8-/t26-,28-,30+,31+,38-/m1/s1. The number of allylic oxidation sites excluding steroid dienone is 1. The molecule has 4 heterocycles. The first-order valence-corrected chi connectivity index (χ1v) is 20.0. The number of benzene rings is 1. The van der Waals surface area contributed by atoms with Crippen LogP contribution in [0.3, 0.4) is 0 Å². The molecule has 3 fully saturated rings. The molecule has 4 aliphatic rings. The maximum absolute atomic E-state index is 14.5. The second-order valence-corrected chi connectivity index (χ2v) is 17.5. The van der Waals surface area contributed by atoms with Crippen LogP contribution in [0.25, 0.3) is 11.0 Å². The molecule has 14 heteroatoms. The van der Waals surface area contributed by atoms with Crippen LogP contribution in [0, 0.1) is 5.92 Å². The molecule has 2 aliphatic heterocycles. The van der Waals surface area contributed by atoms with Gasteiger partial charge in [-0.1, -0.05) is 43.2 Å². The molecule has 278 valence electrons. The van der Waals surface area contributed by atoms with E-state index < -0.39 is 50.3 Å². The van der Waals surface area contributed by atoms with Crippen molar-refractivity contribution in [1.82, 2.24) is 29.5 Å². The van der Waals surface area contributed by atoms with Gasteiger partial charge in [-0.3, -0.25) is 24.1 Å². The molecular formula is C38H49N7O6S. The zero-order valence-electron chi connectivity index (χ0n) is 30.1. The average molecular weight is 732 g/mol. The minimum Gasteiger partial charge on any atom is -0.374 e. The summed E-state index contributed by atoms with van der Waals surface area (Å²) in [6.07, 6.45) is 12.3. The third-order valence-corrected chi connectivity index (χ3v) is 13.3. The Kier molecular flexibility index (Phi) is 9.89. The van der Waals surface area contributed by atoms with Crippen LogP contribution < -0.4 is 15.4 Å². The van der Waals surface area contributed by atoms with Gasteiger partial charge in [0, 0.05) is 36.8 Å². The SMILES string of the molecule is CC(C)n1c(CO[C@@H]2C[C@H]3C(=O)N[C@]4(C(=O)NS(=O)(=O)C5(C)CC5)C[C@H]4/C=C\CCCCC[C@H](Nc4ccccc4)C(=O)N3C2)nc2ccncc21. The second kappa shape index (κ2) is 14.3. The number of amides is 3. The molecule has 2 saturated carbocycles. The minimum atomic E-state index is -3.93. The molecule has 3 N–H and O–H groups in total. The van der Waals surface area contributed by atoms with Gasteiger partial charge in [-0.2, -0.15) is 0 Å². The molecule has 1 aromatic carbocycles. The molecule has 3 aromatic rings. The summed E-state index contributed by atoms with van der Waals surface area (Å²) in [5.74, 6) is -1.11. The second-order valence-electron chi connectivity index (χ2n) is 15.3. The fourth-order valence-corrected chi connectivity index (χ4v) is 8.89. The van der Waals surface area contributed by atoms with Gasteiger partial charge in [0.2, 0.25) is 21.8 Å². The van der Waals surface area contributed by atoms with E-state index in [1.807, 2.05) is 48.6 Å². The smallest absolute Gasteiger partial charge is 0.259 e. The van der Waals surface area contributed by atoms with E-state index in [0.717, 1.165) is 48.2 Å². The predicted molar refractivity (Wildman–Crippen MR) is 196 cm³/mol. The monoisotopic (exact) mass is 731 g/mol. The number of imidazole rings is 1. The van der Waals surface area contributed by atoms with Crippen molar-refractivity contribution < 1.29 is 27.5 Å². The van der Waals surface area contributed by atoms with Gasteiger partial charge in [0.15, 0.2) is 0 Å². The number of fused-ring (bicyclic) bond motifs is 3. The van der Waals surface area contributed by atoms with Crippen LogP contribution in [0.1, 0.15) is 90.4 Å². The van der Waals surface area contributed by atoms with Crippen LogP contribution >= 0.6 is 0 Å². The van der Waals surface area contributed by atoms with E-state index in [9.17, 15) is 22.8 Å². The first-order chi connectivity index (χ1) is 24.9. The Balaban J connectivity index is 1.17. The van der Waals surface area contributed by atoms with Crippen molar-refractivity contribution in [2.45, 2.75) is 120 Å². The van der Waals surface area contributed by atoms with Crippen LogP contribution in [0.5, 0.6) is 0 Å². The Morgan fingerprint density at radius 3 is 2.65 bits per heavy atom. The zero-order valence-corrected chi connectivity index (χ0v) is 30.9. The van der Waals surface area contributed by atoms with E-state index >= 15 is 0 Å². The van der Waals surface area contributed by atoms with Crippen LogP contribution in [-0.2, 0) is 35.8 Å². The molecule has 7 rings (SSSR count). The quantitative estimate of drug-likeness (QED) is 0.271. The van der Waals surface area contributed by atoms with Gasteiger partial charge in [0.1, 0.15) is 30.1 Å². The van der Waals surface area contributed by atoms with Gasteiger partial charge in [-0.15, -0.1) is 0 Å². The number of ether oxygens (including phenoxy) is 1. The molecule has 0 bridgehead atoms. The Hall–Kier alpha value is -4.30. The van der Waals surface area contributed by atoms with Crippen molar-refractivity contribution in [3.8, 4) is 0 Å². The average Bonchev–Trinajstić information content (AvgIpc) is 3.93. The van der Waals surface area contributed by atoms with E-state index in [2.05, 4.69) is 38.8 Å². The normalized spacial score (nSPS) is 28.3. The number of hydrogen-bond acceptors (Lipinski definition) is 9. The number of sulfonamides is 1. The Bertz CT molecular complexity index is 1960. The van der Waals surface area contributed by atoms with Crippen molar-refractivity contribution >= 4 is 44.5 Å². The molecule has 0 radical (unpaired) electrons. The number of carbonyl (C=O) groups excluding carboxylic acids is 3. The Morgan fingerprint density at radius 1 is 1.12 bits per heavy atom. The highest BCUT2D eigenvalue weighted by atomic mass is 32.2. The predicted octanol–water partition coefficient (Wildman–Crippen LogP) is 4.37. The first kappa shape index (κ1) is 36.1. The maximum atomic E-state index is 14.5. The van der Waals surface area contributed by atoms with Gasteiger partial charge < -0.3 is 24.8 Å². The van der Waals surface area contributed by atoms with Crippen molar-refractivity contribution in [2.75, 3.05) is 11.9 Å². The molecule has 0 spiro atoms. The fourth-order valence-electron chi connectivity index (χ4n) is 7.58. The lowest BCUT2D eigenvalue weighted by atomic mass is 10.0. The van der Waals surface area contributed by atoms with Crippen LogP contribution in [0.15, 0.2) is 60.9 Å². The summed E-state index contributed by atoms with van der Waals surface area (Å²) in [6, 6.07) is 9.97. The highest BCUT2D eigenvalue weighted by Crippen LogP contribution is 2.47. The number of hydrogen-bond donors (Lipinski definition) is 3. The van der Waals surface area contributed by atoms with Crippen molar-refractivity contribution in [1.29, 1.82) is 0 Å². The summed E-state index contributed by atoms with van der Waals surface area (Å²) in [5.41, 5.74) is 1.07. The summed E-state index contributed by atoms with van der Waals surface area (Å²) in [5, 5.41) is 6.38. The van der Waals surface area contributed by atoms with E-state index in [-0.39, 0.29) is 43.9 Å². The van der Waals surface area contributed by atoms with Gasteiger partial charge in [0.05, 0.1) is 28.1 Å². The first-order valence-electron chi connectivity index (χ1n) is 18.5. The molecule has 5 atom stereocenters. The Morgan fingerprint density at radius 2 is 1.90 bits per heavy atom. The van der Waals surface area contributed by atoms with Crippen molar-refractivity contribution in [2.24, 2.45) is 5.92 Å². The van der Waals surface area contributed by atoms with Gasteiger partial charge in [0.25, 0.3) is 5.91 Å².